The van der Waals surface area contributed by atoms with Gasteiger partial charge in [-0.2, -0.15) is 11.8 Å². The largest absolute Gasteiger partial charge is 0.327 e. The third-order valence-corrected chi connectivity index (χ3v) is 5.12. The van der Waals surface area contributed by atoms with Crippen LogP contribution >= 0.6 is 11.8 Å². The van der Waals surface area contributed by atoms with E-state index in [0.29, 0.717) is 6.04 Å². The summed E-state index contributed by atoms with van der Waals surface area (Å²) in [6.07, 6.45) is 8.08. The first-order chi connectivity index (χ1) is 7.63. The van der Waals surface area contributed by atoms with E-state index in [-0.39, 0.29) is 0 Å². The molecule has 0 aromatic heterocycles. The van der Waals surface area contributed by atoms with Crippen molar-refractivity contribution < 1.29 is 0 Å². The van der Waals surface area contributed by atoms with Crippen LogP contribution in [-0.2, 0) is 0 Å². The lowest BCUT2D eigenvalue weighted by molar-refractivity contribution is 0.316. The Morgan fingerprint density at radius 1 is 1.31 bits per heavy atom. The summed E-state index contributed by atoms with van der Waals surface area (Å²) in [6, 6.07) is 0.463. The van der Waals surface area contributed by atoms with Gasteiger partial charge in [0.15, 0.2) is 0 Å². The molecular weight excluding hydrogens is 214 g/mol. The Kier molecular flexibility index (Phi) is 6.83. The van der Waals surface area contributed by atoms with E-state index in [0.717, 1.165) is 17.1 Å². The highest BCUT2D eigenvalue weighted by Gasteiger charge is 2.27. The lowest BCUT2D eigenvalue weighted by Gasteiger charge is -2.33. The Balaban J connectivity index is 2.26. The fourth-order valence-corrected chi connectivity index (χ4v) is 4.25. The molecule has 96 valence electrons. The highest BCUT2D eigenvalue weighted by Crippen LogP contribution is 2.34. The van der Waals surface area contributed by atoms with Gasteiger partial charge in [0.25, 0.3) is 0 Å². The second kappa shape index (κ2) is 7.60. The molecule has 1 aliphatic rings. The van der Waals surface area contributed by atoms with Gasteiger partial charge in [-0.1, -0.05) is 33.6 Å². The third kappa shape index (κ3) is 5.09. The topological polar surface area (TPSA) is 26.0 Å². The molecule has 16 heavy (non-hydrogen) atoms. The quantitative estimate of drug-likeness (QED) is 0.761. The van der Waals surface area contributed by atoms with E-state index in [2.05, 4.69) is 32.5 Å². The molecule has 1 fully saturated rings. The smallest absolute Gasteiger partial charge is 0.0201 e. The van der Waals surface area contributed by atoms with Crippen molar-refractivity contribution in [3.63, 3.8) is 0 Å². The van der Waals surface area contributed by atoms with E-state index in [1.165, 1.54) is 44.3 Å². The molecular formula is C14H29NS. The standard InChI is InChI=1S/C14H29NS/c1-4-5-12-6-7-13(15)14(10-12)16-9-8-11(2)3/h11-14H,4-10,15H2,1-3H3. The van der Waals surface area contributed by atoms with Crippen LogP contribution in [0.25, 0.3) is 0 Å². The molecule has 3 atom stereocenters. The van der Waals surface area contributed by atoms with Crippen LogP contribution in [0.15, 0.2) is 0 Å². The molecule has 0 aliphatic heterocycles. The van der Waals surface area contributed by atoms with Crippen LogP contribution in [0.3, 0.4) is 0 Å². The zero-order valence-electron chi connectivity index (χ0n) is 11.2. The van der Waals surface area contributed by atoms with Gasteiger partial charge >= 0.3 is 0 Å². The van der Waals surface area contributed by atoms with Crippen LogP contribution in [0, 0.1) is 11.8 Å². The summed E-state index contributed by atoms with van der Waals surface area (Å²) < 4.78 is 0. The zero-order valence-corrected chi connectivity index (χ0v) is 12.1. The summed E-state index contributed by atoms with van der Waals surface area (Å²) in [7, 11) is 0. The maximum atomic E-state index is 6.23. The number of thioether (sulfide) groups is 1. The maximum Gasteiger partial charge on any atom is 0.0201 e. The fourth-order valence-electron chi connectivity index (χ4n) is 2.55. The molecule has 1 nitrogen and oxygen atoms in total. The number of nitrogens with two attached hydrogens (primary N) is 1. The van der Waals surface area contributed by atoms with Crippen molar-refractivity contribution in [3.8, 4) is 0 Å². The predicted octanol–water partition coefficient (Wildman–Crippen LogP) is 4.06. The third-order valence-electron chi connectivity index (χ3n) is 3.68. The van der Waals surface area contributed by atoms with E-state index in [9.17, 15) is 0 Å². The molecule has 0 aromatic carbocycles. The van der Waals surface area contributed by atoms with Gasteiger partial charge in [0.05, 0.1) is 0 Å². The van der Waals surface area contributed by atoms with Crippen molar-refractivity contribution in [1.29, 1.82) is 0 Å². The first-order valence-corrected chi connectivity index (χ1v) is 8.05. The van der Waals surface area contributed by atoms with Crippen LogP contribution in [0.5, 0.6) is 0 Å². The first-order valence-electron chi connectivity index (χ1n) is 7.00. The number of rotatable bonds is 6. The Morgan fingerprint density at radius 2 is 2.06 bits per heavy atom. The van der Waals surface area contributed by atoms with Crippen LogP contribution in [0.1, 0.15) is 59.3 Å². The number of hydrogen-bond donors (Lipinski definition) is 1. The van der Waals surface area contributed by atoms with Gasteiger partial charge in [-0.05, 0) is 43.3 Å². The highest BCUT2D eigenvalue weighted by molar-refractivity contribution is 7.99. The van der Waals surface area contributed by atoms with E-state index >= 15 is 0 Å². The van der Waals surface area contributed by atoms with Crippen molar-refractivity contribution in [2.75, 3.05) is 5.75 Å². The Bertz CT molecular complexity index is 182. The molecule has 0 spiro atoms. The van der Waals surface area contributed by atoms with Crippen LogP contribution in [0.4, 0.5) is 0 Å². The van der Waals surface area contributed by atoms with Crippen molar-refractivity contribution in [2.45, 2.75) is 70.6 Å². The lowest BCUT2D eigenvalue weighted by atomic mass is 9.83. The van der Waals surface area contributed by atoms with Crippen LogP contribution in [-0.4, -0.2) is 17.0 Å². The normalized spacial score (nSPS) is 30.9. The minimum atomic E-state index is 0.463. The van der Waals surface area contributed by atoms with Crippen molar-refractivity contribution in [1.82, 2.24) is 0 Å². The predicted molar refractivity (Wildman–Crippen MR) is 75.9 cm³/mol. The molecule has 0 amide bonds. The lowest BCUT2D eigenvalue weighted by Crippen LogP contribution is -2.38. The Labute approximate surface area is 106 Å². The molecule has 0 bridgehead atoms. The van der Waals surface area contributed by atoms with Crippen molar-refractivity contribution in [3.05, 3.63) is 0 Å². The monoisotopic (exact) mass is 243 g/mol. The Morgan fingerprint density at radius 3 is 2.69 bits per heavy atom. The summed E-state index contributed by atoms with van der Waals surface area (Å²) in [6.45, 7) is 6.91. The molecule has 0 heterocycles. The van der Waals surface area contributed by atoms with Gasteiger partial charge in [-0.15, -0.1) is 0 Å². The van der Waals surface area contributed by atoms with Gasteiger partial charge in [0, 0.05) is 11.3 Å². The highest BCUT2D eigenvalue weighted by atomic mass is 32.2. The maximum absolute atomic E-state index is 6.23. The van der Waals surface area contributed by atoms with Crippen LogP contribution in [0.2, 0.25) is 0 Å². The van der Waals surface area contributed by atoms with E-state index in [1.54, 1.807) is 0 Å². The van der Waals surface area contributed by atoms with Gasteiger partial charge in [-0.25, -0.2) is 0 Å². The van der Waals surface area contributed by atoms with Gasteiger partial charge in [0.2, 0.25) is 0 Å². The van der Waals surface area contributed by atoms with Crippen molar-refractivity contribution in [2.24, 2.45) is 17.6 Å². The Hall–Kier alpha value is 0.310. The average molecular weight is 243 g/mol. The van der Waals surface area contributed by atoms with E-state index in [1.807, 2.05) is 0 Å². The average Bonchev–Trinajstić information content (AvgIpc) is 2.22. The molecule has 3 unspecified atom stereocenters. The summed E-state index contributed by atoms with van der Waals surface area (Å²) in [4.78, 5) is 0. The fraction of sp³-hybridized carbons (Fsp3) is 1.00. The molecule has 2 N–H and O–H groups in total. The van der Waals surface area contributed by atoms with Gasteiger partial charge < -0.3 is 5.73 Å². The molecule has 1 saturated carbocycles. The summed E-state index contributed by atoms with van der Waals surface area (Å²) in [5.74, 6) is 3.09. The minimum absolute atomic E-state index is 0.463. The number of hydrogen-bond acceptors (Lipinski definition) is 2. The molecule has 1 rings (SSSR count). The SMILES string of the molecule is CCCC1CCC(N)C(SCCC(C)C)C1. The minimum Gasteiger partial charge on any atom is -0.327 e. The molecule has 2 heteroatoms. The summed E-state index contributed by atoms with van der Waals surface area (Å²) >= 11 is 2.14. The molecule has 0 radical (unpaired) electrons. The van der Waals surface area contributed by atoms with Gasteiger partial charge in [-0.3, -0.25) is 0 Å². The first kappa shape index (κ1) is 14.4. The van der Waals surface area contributed by atoms with Crippen LogP contribution < -0.4 is 5.73 Å². The molecule has 1 aliphatic carbocycles. The van der Waals surface area contributed by atoms with E-state index < -0.39 is 0 Å². The summed E-state index contributed by atoms with van der Waals surface area (Å²) in [5.41, 5.74) is 6.23. The second-order valence-corrected chi connectivity index (χ2v) is 7.07. The summed E-state index contributed by atoms with van der Waals surface area (Å²) in [5, 5.41) is 0.740. The molecule has 0 aromatic rings. The van der Waals surface area contributed by atoms with Crippen molar-refractivity contribution >= 4 is 11.8 Å². The van der Waals surface area contributed by atoms with E-state index in [4.69, 9.17) is 5.73 Å². The zero-order chi connectivity index (χ0) is 12.0. The second-order valence-electron chi connectivity index (χ2n) is 5.72. The molecule has 0 saturated heterocycles. The van der Waals surface area contributed by atoms with Gasteiger partial charge in [0.1, 0.15) is 0 Å².